The zero-order valence-electron chi connectivity index (χ0n) is 10.5. The number of hydrogen-bond acceptors (Lipinski definition) is 1. The van der Waals surface area contributed by atoms with Gasteiger partial charge in [0.2, 0.25) is 0 Å². The molecular weight excluding hydrogens is 220 g/mol. The Labute approximate surface area is 105 Å². The van der Waals surface area contributed by atoms with Gasteiger partial charge in [0.25, 0.3) is 0 Å². The summed E-state index contributed by atoms with van der Waals surface area (Å²) in [6, 6.07) is 0. The van der Waals surface area contributed by atoms with Gasteiger partial charge in [-0.3, -0.25) is 0 Å². The quantitative estimate of drug-likeness (QED) is 0.661. The van der Waals surface area contributed by atoms with Crippen molar-refractivity contribution >= 4 is 11.6 Å². The van der Waals surface area contributed by atoms with Crippen molar-refractivity contribution in [1.29, 1.82) is 0 Å². The molecule has 2 rings (SSSR count). The number of ether oxygens (including phenoxy) is 1. The van der Waals surface area contributed by atoms with Gasteiger partial charge in [0, 0.05) is 12.0 Å². The first kappa shape index (κ1) is 12.7. The fraction of sp³-hybridized carbons (Fsp3) is 1.00. The van der Waals surface area contributed by atoms with Crippen molar-refractivity contribution in [1.82, 2.24) is 0 Å². The zero-order valence-corrected chi connectivity index (χ0v) is 11.3. The molecule has 0 aromatic rings. The average Bonchev–Trinajstić information content (AvgIpc) is 2.74. The third kappa shape index (κ3) is 3.13. The molecule has 1 aliphatic carbocycles. The molecule has 0 radical (unpaired) electrons. The van der Waals surface area contributed by atoms with Crippen LogP contribution in [0.15, 0.2) is 0 Å². The van der Waals surface area contributed by atoms with Gasteiger partial charge in [0.05, 0.1) is 5.60 Å². The Morgan fingerprint density at radius 1 is 1.38 bits per heavy atom. The maximum Gasteiger partial charge on any atom is 0.0685 e. The number of alkyl halides is 1. The maximum atomic E-state index is 6.20. The molecule has 0 bridgehead atoms. The number of halogens is 1. The Morgan fingerprint density at radius 2 is 2.12 bits per heavy atom. The second kappa shape index (κ2) is 5.73. The highest BCUT2D eigenvalue weighted by atomic mass is 35.5. The van der Waals surface area contributed by atoms with Crippen molar-refractivity contribution in [3.63, 3.8) is 0 Å². The molecule has 2 unspecified atom stereocenters. The molecule has 0 aromatic heterocycles. The van der Waals surface area contributed by atoms with Crippen LogP contribution in [0, 0.1) is 5.92 Å². The van der Waals surface area contributed by atoms with E-state index in [9.17, 15) is 0 Å². The average molecular weight is 245 g/mol. The van der Waals surface area contributed by atoms with E-state index in [0.29, 0.717) is 5.38 Å². The van der Waals surface area contributed by atoms with E-state index in [-0.39, 0.29) is 5.60 Å². The molecule has 94 valence electrons. The molecule has 1 aliphatic heterocycles. The standard InChI is InChI=1S/C14H25ClO/c1-2-13(15)6-5-12-7-10-16-14(11-12)8-3-4-9-14/h12-13H,2-11H2,1H3. The van der Waals surface area contributed by atoms with E-state index in [2.05, 4.69) is 6.92 Å². The van der Waals surface area contributed by atoms with Crippen molar-refractivity contribution in [2.75, 3.05) is 6.61 Å². The lowest BCUT2D eigenvalue weighted by Gasteiger charge is -2.38. The van der Waals surface area contributed by atoms with Gasteiger partial charge in [0.1, 0.15) is 0 Å². The van der Waals surface area contributed by atoms with Gasteiger partial charge < -0.3 is 4.74 Å². The molecule has 0 N–H and O–H groups in total. The summed E-state index contributed by atoms with van der Waals surface area (Å²) in [4.78, 5) is 0. The van der Waals surface area contributed by atoms with Crippen LogP contribution in [0.4, 0.5) is 0 Å². The summed E-state index contributed by atoms with van der Waals surface area (Å²) in [5, 5.41) is 0.391. The zero-order chi connectivity index (χ0) is 11.4. The molecule has 2 aliphatic rings. The van der Waals surface area contributed by atoms with E-state index in [1.54, 1.807) is 0 Å². The van der Waals surface area contributed by atoms with Gasteiger partial charge in [-0.25, -0.2) is 0 Å². The molecule has 1 saturated carbocycles. The Kier molecular flexibility index (Phi) is 4.55. The molecule has 0 aromatic carbocycles. The normalized spacial score (nSPS) is 30.8. The number of hydrogen-bond donors (Lipinski definition) is 0. The van der Waals surface area contributed by atoms with Gasteiger partial charge in [0.15, 0.2) is 0 Å². The Balaban J connectivity index is 1.78. The highest BCUT2D eigenvalue weighted by molar-refractivity contribution is 6.20. The summed E-state index contributed by atoms with van der Waals surface area (Å²) in [7, 11) is 0. The van der Waals surface area contributed by atoms with E-state index in [0.717, 1.165) is 18.9 Å². The van der Waals surface area contributed by atoms with Gasteiger partial charge in [-0.1, -0.05) is 19.8 Å². The first-order valence-corrected chi connectivity index (χ1v) is 7.46. The van der Waals surface area contributed by atoms with Crippen LogP contribution >= 0.6 is 11.6 Å². The number of rotatable bonds is 4. The SMILES string of the molecule is CCC(Cl)CCC1CCOC2(CCCC2)C1. The Hall–Kier alpha value is 0.250. The van der Waals surface area contributed by atoms with E-state index in [1.807, 2.05) is 0 Å². The second-order valence-electron chi connectivity index (χ2n) is 5.68. The predicted molar refractivity (Wildman–Crippen MR) is 69.0 cm³/mol. The first-order chi connectivity index (χ1) is 7.74. The third-order valence-electron chi connectivity index (χ3n) is 4.44. The van der Waals surface area contributed by atoms with Crippen LogP contribution in [0.3, 0.4) is 0 Å². The van der Waals surface area contributed by atoms with Gasteiger partial charge >= 0.3 is 0 Å². The lowest BCUT2D eigenvalue weighted by atomic mass is 9.82. The minimum atomic E-state index is 0.289. The molecule has 1 heterocycles. The smallest absolute Gasteiger partial charge is 0.0685 e. The highest BCUT2D eigenvalue weighted by Gasteiger charge is 2.39. The van der Waals surface area contributed by atoms with Crippen molar-refractivity contribution in [3.05, 3.63) is 0 Å². The van der Waals surface area contributed by atoms with Crippen molar-refractivity contribution < 1.29 is 4.74 Å². The Morgan fingerprint density at radius 3 is 2.81 bits per heavy atom. The summed E-state index contributed by atoms with van der Waals surface area (Å²) in [5.74, 6) is 0.875. The molecular formula is C14H25ClO. The lowest BCUT2D eigenvalue weighted by Crippen LogP contribution is -2.37. The Bertz CT molecular complexity index is 211. The largest absolute Gasteiger partial charge is 0.375 e. The maximum absolute atomic E-state index is 6.20. The fourth-order valence-corrected chi connectivity index (χ4v) is 3.49. The van der Waals surface area contributed by atoms with Crippen LogP contribution in [0.1, 0.15) is 64.7 Å². The highest BCUT2D eigenvalue weighted by Crippen LogP contribution is 2.43. The summed E-state index contributed by atoms with van der Waals surface area (Å²) in [6.45, 7) is 3.17. The summed E-state index contributed by atoms with van der Waals surface area (Å²) >= 11 is 6.20. The van der Waals surface area contributed by atoms with E-state index < -0.39 is 0 Å². The molecule has 1 spiro atoms. The summed E-state index contributed by atoms with van der Waals surface area (Å²) in [6.07, 6.45) is 11.5. The second-order valence-corrected chi connectivity index (χ2v) is 6.30. The van der Waals surface area contributed by atoms with Crippen LogP contribution in [0.2, 0.25) is 0 Å². The molecule has 2 heteroatoms. The van der Waals surface area contributed by atoms with Crippen LogP contribution < -0.4 is 0 Å². The van der Waals surface area contributed by atoms with Crippen molar-refractivity contribution in [2.45, 2.75) is 75.7 Å². The van der Waals surface area contributed by atoms with Crippen LogP contribution in [-0.2, 0) is 4.74 Å². The van der Waals surface area contributed by atoms with Gasteiger partial charge in [-0.2, -0.15) is 0 Å². The van der Waals surface area contributed by atoms with Crippen molar-refractivity contribution in [3.8, 4) is 0 Å². The predicted octanol–water partition coefficient (Wildman–Crippen LogP) is 4.52. The van der Waals surface area contributed by atoms with Gasteiger partial charge in [-0.15, -0.1) is 11.6 Å². The topological polar surface area (TPSA) is 9.23 Å². The molecule has 0 amide bonds. The first-order valence-electron chi connectivity index (χ1n) is 7.02. The third-order valence-corrected chi connectivity index (χ3v) is 4.97. The van der Waals surface area contributed by atoms with Crippen LogP contribution in [-0.4, -0.2) is 17.6 Å². The molecule has 2 fully saturated rings. The molecule has 1 saturated heterocycles. The molecule has 1 nitrogen and oxygen atoms in total. The van der Waals surface area contributed by atoms with E-state index in [4.69, 9.17) is 16.3 Å². The summed E-state index contributed by atoms with van der Waals surface area (Å²) < 4.78 is 6.06. The molecule has 16 heavy (non-hydrogen) atoms. The molecule has 2 atom stereocenters. The fourth-order valence-electron chi connectivity index (χ4n) is 3.36. The van der Waals surface area contributed by atoms with Crippen LogP contribution in [0.25, 0.3) is 0 Å². The summed E-state index contributed by atoms with van der Waals surface area (Å²) in [5.41, 5.74) is 0.289. The minimum Gasteiger partial charge on any atom is -0.375 e. The van der Waals surface area contributed by atoms with Gasteiger partial charge in [-0.05, 0) is 50.9 Å². The lowest BCUT2D eigenvalue weighted by molar-refractivity contribution is -0.0938. The minimum absolute atomic E-state index is 0.289. The van der Waals surface area contributed by atoms with E-state index in [1.165, 1.54) is 51.4 Å². The monoisotopic (exact) mass is 244 g/mol. The van der Waals surface area contributed by atoms with Crippen molar-refractivity contribution in [2.24, 2.45) is 5.92 Å². The van der Waals surface area contributed by atoms with Crippen LogP contribution in [0.5, 0.6) is 0 Å². The van der Waals surface area contributed by atoms with E-state index >= 15 is 0 Å².